The van der Waals surface area contributed by atoms with Gasteiger partial charge in [-0.1, -0.05) is 17.3 Å². The number of esters is 1. The van der Waals surface area contributed by atoms with E-state index in [1.165, 1.54) is 0 Å². The van der Waals surface area contributed by atoms with Crippen molar-refractivity contribution in [2.45, 2.75) is 40.0 Å². The highest BCUT2D eigenvalue weighted by Gasteiger charge is 2.10. The van der Waals surface area contributed by atoms with Crippen LogP contribution in [0.25, 0.3) is 0 Å². The average Bonchev–Trinajstić information content (AvgIpc) is 2.96. The lowest BCUT2D eigenvalue weighted by atomic mass is 10.1. The number of nitrogens with one attached hydrogen (secondary N) is 2. The topological polar surface area (TPSA) is 106 Å². The van der Waals surface area contributed by atoms with Crippen molar-refractivity contribution in [3.05, 3.63) is 47.1 Å². The Bertz CT molecular complexity index is 694. The van der Waals surface area contributed by atoms with Crippen molar-refractivity contribution in [3.8, 4) is 0 Å². The molecule has 0 aliphatic heterocycles. The fourth-order valence-corrected chi connectivity index (χ4v) is 1.86. The second-order valence-electron chi connectivity index (χ2n) is 5.49. The highest BCUT2D eigenvalue weighted by molar-refractivity contribution is 5.89. The summed E-state index contributed by atoms with van der Waals surface area (Å²) in [5, 5.41) is 9.08. The third-order valence-corrected chi connectivity index (χ3v) is 2.96. The Labute approximate surface area is 139 Å². The Kier molecular flexibility index (Phi) is 5.89. The van der Waals surface area contributed by atoms with Crippen LogP contribution in [0.2, 0.25) is 0 Å². The number of aromatic nitrogens is 2. The number of benzene rings is 1. The molecule has 1 aromatic heterocycles. The molecule has 2 amide bonds. The number of ether oxygens (including phenoxy) is 1. The molecule has 8 nitrogen and oxygen atoms in total. The van der Waals surface area contributed by atoms with Gasteiger partial charge in [0.15, 0.2) is 12.4 Å². The number of hydrogen-bond donors (Lipinski definition) is 2. The fourth-order valence-electron chi connectivity index (χ4n) is 1.86. The van der Waals surface area contributed by atoms with E-state index in [4.69, 9.17) is 9.26 Å². The van der Waals surface area contributed by atoms with Gasteiger partial charge in [0.2, 0.25) is 0 Å². The van der Waals surface area contributed by atoms with Gasteiger partial charge in [-0.2, -0.15) is 4.98 Å². The minimum atomic E-state index is -0.483. The first-order valence-corrected chi connectivity index (χ1v) is 7.53. The Hall–Kier alpha value is -2.90. The van der Waals surface area contributed by atoms with E-state index >= 15 is 0 Å². The first kappa shape index (κ1) is 17.5. The monoisotopic (exact) mass is 332 g/mol. The van der Waals surface area contributed by atoms with E-state index in [2.05, 4.69) is 20.8 Å². The number of carbonyl (C=O) groups excluding carboxylic acids is 2. The predicted molar refractivity (Wildman–Crippen MR) is 85.1 cm³/mol. The molecule has 0 unspecified atom stereocenters. The highest BCUT2D eigenvalue weighted by Crippen LogP contribution is 2.08. The third-order valence-electron chi connectivity index (χ3n) is 2.96. The van der Waals surface area contributed by atoms with Crippen molar-refractivity contribution >= 4 is 12.0 Å². The molecule has 0 aliphatic carbocycles. The summed E-state index contributed by atoms with van der Waals surface area (Å²) in [4.78, 5) is 27.4. The van der Waals surface area contributed by atoms with E-state index < -0.39 is 5.97 Å². The minimum absolute atomic E-state index is 0.0711. The van der Waals surface area contributed by atoms with Crippen LogP contribution in [-0.4, -0.2) is 28.2 Å². The van der Waals surface area contributed by atoms with E-state index in [1.54, 1.807) is 31.2 Å². The van der Waals surface area contributed by atoms with Crippen LogP contribution in [0.3, 0.4) is 0 Å². The van der Waals surface area contributed by atoms with Crippen molar-refractivity contribution in [2.24, 2.45) is 0 Å². The van der Waals surface area contributed by atoms with Gasteiger partial charge >= 0.3 is 12.0 Å². The summed E-state index contributed by atoms with van der Waals surface area (Å²) in [7, 11) is 0. The molecule has 0 saturated heterocycles. The molecule has 1 heterocycles. The fraction of sp³-hybridized carbons (Fsp3) is 0.375. The minimum Gasteiger partial charge on any atom is -0.452 e. The molecule has 0 saturated carbocycles. The van der Waals surface area contributed by atoms with Crippen molar-refractivity contribution in [1.82, 2.24) is 20.8 Å². The molecule has 0 atom stereocenters. The van der Waals surface area contributed by atoms with Crippen LogP contribution in [0.4, 0.5) is 4.79 Å². The molecular formula is C16H20N4O4. The Morgan fingerprint density at radius 1 is 1.25 bits per heavy atom. The highest BCUT2D eigenvalue weighted by atomic mass is 16.6. The molecule has 2 N–H and O–H groups in total. The maximum Gasteiger partial charge on any atom is 0.338 e. The summed E-state index contributed by atoms with van der Waals surface area (Å²) in [6.07, 6.45) is 0. The van der Waals surface area contributed by atoms with Crippen LogP contribution in [0, 0.1) is 6.92 Å². The van der Waals surface area contributed by atoms with Gasteiger partial charge in [-0.3, -0.25) is 0 Å². The van der Waals surface area contributed by atoms with Gasteiger partial charge < -0.3 is 19.9 Å². The number of urea groups is 1. The van der Waals surface area contributed by atoms with Crippen LogP contribution in [-0.2, 0) is 17.9 Å². The molecule has 0 bridgehead atoms. The van der Waals surface area contributed by atoms with E-state index in [0.717, 1.165) is 5.56 Å². The zero-order valence-electron chi connectivity index (χ0n) is 13.8. The zero-order valence-corrected chi connectivity index (χ0v) is 13.8. The van der Waals surface area contributed by atoms with Crippen LogP contribution < -0.4 is 10.6 Å². The number of rotatable bonds is 6. The van der Waals surface area contributed by atoms with Crippen molar-refractivity contribution < 1.29 is 18.8 Å². The first-order chi connectivity index (χ1) is 11.4. The molecule has 2 aromatic rings. The van der Waals surface area contributed by atoms with Crippen molar-refractivity contribution in [2.75, 3.05) is 0 Å². The lowest BCUT2D eigenvalue weighted by Crippen LogP contribution is -2.39. The Morgan fingerprint density at radius 3 is 2.54 bits per heavy atom. The van der Waals surface area contributed by atoms with E-state index in [-0.39, 0.29) is 24.6 Å². The molecule has 8 heteroatoms. The molecule has 24 heavy (non-hydrogen) atoms. The maximum atomic E-state index is 11.9. The lowest BCUT2D eigenvalue weighted by Gasteiger charge is -2.10. The summed E-state index contributed by atoms with van der Waals surface area (Å²) < 4.78 is 9.96. The first-order valence-electron chi connectivity index (χ1n) is 7.53. The van der Waals surface area contributed by atoms with E-state index in [0.29, 0.717) is 17.9 Å². The molecule has 0 radical (unpaired) electrons. The number of aryl methyl sites for hydroxylation is 1. The summed E-state index contributed by atoms with van der Waals surface area (Å²) in [5.74, 6) is 0.250. The van der Waals surface area contributed by atoms with E-state index in [1.807, 2.05) is 13.8 Å². The summed E-state index contributed by atoms with van der Waals surface area (Å²) in [5.41, 5.74) is 1.28. The third kappa shape index (κ3) is 5.38. The van der Waals surface area contributed by atoms with Gasteiger partial charge in [0.1, 0.15) is 0 Å². The quantitative estimate of drug-likeness (QED) is 0.783. The summed E-state index contributed by atoms with van der Waals surface area (Å²) >= 11 is 0. The number of carbonyl (C=O) groups is 2. The molecule has 1 aromatic carbocycles. The zero-order chi connectivity index (χ0) is 17.5. The van der Waals surface area contributed by atoms with Crippen LogP contribution in [0.5, 0.6) is 0 Å². The normalized spacial score (nSPS) is 10.5. The SMILES string of the molecule is Cc1noc(COC(=O)c2ccc(CNC(=O)NC(C)C)cc2)n1. The Balaban J connectivity index is 1.82. The molecule has 0 spiro atoms. The maximum absolute atomic E-state index is 11.9. The van der Waals surface area contributed by atoms with Crippen molar-refractivity contribution in [1.29, 1.82) is 0 Å². The van der Waals surface area contributed by atoms with Crippen LogP contribution in [0.1, 0.15) is 41.5 Å². The average molecular weight is 332 g/mol. The second-order valence-corrected chi connectivity index (χ2v) is 5.49. The van der Waals surface area contributed by atoms with Crippen LogP contribution in [0.15, 0.2) is 28.8 Å². The van der Waals surface area contributed by atoms with Gasteiger partial charge in [0.25, 0.3) is 5.89 Å². The number of nitrogens with zero attached hydrogens (tertiary/aromatic N) is 2. The smallest absolute Gasteiger partial charge is 0.338 e. The van der Waals surface area contributed by atoms with Gasteiger partial charge in [0.05, 0.1) is 5.56 Å². The van der Waals surface area contributed by atoms with Crippen LogP contribution >= 0.6 is 0 Å². The molecule has 128 valence electrons. The van der Waals surface area contributed by atoms with Gasteiger partial charge in [0, 0.05) is 12.6 Å². The second kappa shape index (κ2) is 8.09. The van der Waals surface area contributed by atoms with Gasteiger partial charge in [-0.05, 0) is 38.5 Å². The van der Waals surface area contributed by atoms with Crippen molar-refractivity contribution in [3.63, 3.8) is 0 Å². The summed E-state index contributed by atoms with van der Waals surface area (Å²) in [6, 6.07) is 6.62. The lowest BCUT2D eigenvalue weighted by molar-refractivity contribution is 0.0430. The molecular weight excluding hydrogens is 312 g/mol. The van der Waals surface area contributed by atoms with Gasteiger partial charge in [-0.25, -0.2) is 9.59 Å². The molecule has 2 rings (SSSR count). The van der Waals surface area contributed by atoms with Gasteiger partial charge in [-0.15, -0.1) is 0 Å². The predicted octanol–water partition coefficient (Wildman–Crippen LogP) is 1.94. The largest absolute Gasteiger partial charge is 0.452 e. The molecule has 0 aliphatic rings. The standard InChI is InChI=1S/C16H20N4O4/c1-10(2)18-16(22)17-8-12-4-6-13(7-5-12)15(21)23-9-14-19-11(3)20-24-14/h4-7,10H,8-9H2,1-3H3,(H2,17,18,22). The van der Waals surface area contributed by atoms with E-state index in [9.17, 15) is 9.59 Å². The molecule has 0 fully saturated rings. The number of hydrogen-bond acceptors (Lipinski definition) is 6. The Morgan fingerprint density at radius 2 is 1.96 bits per heavy atom. The number of amides is 2. The summed E-state index contributed by atoms with van der Waals surface area (Å²) in [6.45, 7) is 5.75.